The Morgan fingerprint density at radius 3 is 2.11 bits per heavy atom. The number of rotatable bonds is 8. The predicted molar refractivity (Wildman–Crippen MR) is 132 cm³/mol. The largest absolute Gasteiger partial charge is 0.480 e. The lowest BCUT2D eigenvalue weighted by Crippen LogP contribution is -2.58. The quantitative estimate of drug-likeness (QED) is 0.515. The molecule has 1 saturated heterocycles. The lowest BCUT2D eigenvalue weighted by atomic mass is 9.72. The molecule has 0 saturated carbocycles. The first kappa shape index (κ1) is 28.1. The van der Waals surface area contributed by atoms with Gasteiger partial charge in [-0.3, -0.25) is 9.59 Å². The smallest absolute Gasteiger partial charge is 0.410 e. The molecule has 3 atom stereocenters. The van der Waals surface area contributed by atoms with E-state index in [0.717, 1.165) is 5.56 Å². The van der Waals surface area contributed by atoms with E-state index in [1.165, 1.54) is 6.92 Å². The van der Waals surface area contributed by atoms with Gasteiger partial charge in [-0.1, -0.05) is 50.6 Å². The van der Waals surface area contributed by atoms with E-state index in [4.69, 9.17) is 4.74 Å². The van der Waals surface area contributed by atoms with Crippen molar-refractivity contribution in [1.82, 2.24) is 15.5 Å². The molecule has 0 aromatic heterocycles. The van der Waals surface area contributed by atoms with Crippen LogP contribution < -0.4 is 10.6 Å². The zero-order valence-corrected chi connectivity index (χ0v) is 21.6. The standard InChI is InChI=1S/C26H39N3O6/c1-7-17(2)20(22(31)32)28-21(30)18(3)27-23(33)26(19-11-9-8-10-12-19)13-15-29(16-14-26)24(34)35-25(4,5)6/h8-12,17-18,20H,7,13-16H2,1-6H3,(H,27,33)(H,28,30)(H,31,32)/t17-,18+,20+/m1/s1. The number of aliphatic carboxylic acids is 1. The third-order valence-corrected chi connectivity index (χ3v) is 6.55. The third-order valence-electron chi connectivity index (χ3n) is 6.55. The lowest BCUT2D eigenvalue weighted by molar-refractivity contribution is -0.143. The first-order valence-corrected chi connectivity index (χ1v) is 12.2. The fourth-order valence-electron chi connectivity index (χ4n) is 4.16. The number of hydrogen-bond donors (Lipinski definition) is 3. The van der Waals surface area contributed by atoms with Gasteiger partial charge in [0.1, 0.15) is 17.7 Å². The van der Waals surface area contributed by atoms with E-state index in [9.17, 15) is 24.3 Å². The van der Waals surface area contributed by atoms with Crippen LogP contribution in [0.4, 0.5) is 4.79 Å². The Morgan fingerprint density at radius 2 is 1.63 bits per heavy atom. The fraction of sp³-hybridized carbons (Fsp3) is 0.615. The van der Waals surface area contributed by atoms with Crippen molar-refractivity contribution >= 4 is 23.9 Å². The van der Waals surface area contributed by atoms with Gasteiger partial charge in [-0.15, -0.1) is 0 Å². The minimum Gasteiger partial charge on any atom is -0.480 e. The SMILES string of the molecule is CC[C@@H](C)[C@H](NC(=O)[C@H](C)NC(=O)C1(c2ccccc2)CCN(C(=O)OC(C)(C)C)CC1)C(=O)O. The number of carboxylic acids is 1. The highest BCUT2D eigenvalue weighted by atomic mass is 16.6. The number of nitrogens with zero attached hydrogens (tertiary/aromatic N) is 1. The number of benzene rings is 1. The van der Waals surface area contributed by atoms with Crippen LogP contribution in [0.15, 0.2) is 30.3 Å². The van der Waals surface area contributed by atoms with Gasteiger partial charge in [0.05, 0.1) is 5.41 Å². The van der Waals surface area contributed by atoms with Crippen LogP contribution in [0.25, 0.3) is 0 Å². The van der Waals surface area contributed by atoms with Crippen molar-refractivity contribution in [1.29, 1.82) is 0 Å². The molecule has 0 unspecified atom stereocenters. The molecule has 9 nitrogen and oxygen atoms in total. The second-order valence-electron chi connectivity index (χ2n) is 10.3. The van der Waals surface area contributed by atoms with Crippen LogP contribution >= 0.6 is 0 Å². The normalized spacial score (nSPS) is 18.1. The summed E-state index contributed by atoms with van der Waals surface area (Å²) in [6, 6.07) is 7.34. The molecular weight excluding hydrogens is 450 g/mol. The number of amides is 3. The number of ether oxygens (including phenoxy) is 1. The zero-order valence-electron chi connectivity index (χ0n) is 21.6. The molecule has 194 valence electrons. The molecule has 1 aromatic carbocycles. The molecule has 1 aromatic rings. The Labute approximate surface area is 207 Å². The summed E-state index contributed by atoms with van der Waals surface area (Å²) in [6.45, 7) is 11.2. The number of carbonyl (C=O) groups excluding carboxylic acids is 3. The summed E-state index contributed by atoms with van der Waals surface area (Å²) in [5.41, 5.74) is -0.747. The molecule has 1 fully saturated rings. The van der Waals surface area contributed by atoms with Gasteiger partial charge in [0.15, 0.2) is 0 Å². The average Bonchev–Trinajstić information content (AvgIpc) is 2.81. The summed E-state index contributed by atoms with van der Waals surface area (Å²) in [5.74, 6) is -2.25. The minimum atomic E-state index is -1.11. The maximum absolute atomic E-state index is 13.6. The maximum atomic E-state index is 13.6. The van der Waals surface area contributed by atoms with E-state index in [0.29, 0.717) is 32.4 Å². The molecule has 0 bridgehead atoms. The van der Waals surface area contributed by atoms with Gasteiger partial charge in [0, 0.05) is 13.1 Å². The van der Waals surface area contributed by atoms with Crippen LogP contribution in [-0.4, -0.2) is 64.7 Å². The molecule has 9 heteroatoms. The number of nitrogens with one attached hydrogen (secondary N) is 2. The van der Waals surface area contributed by atoms with Crippen molar-refractivity contribution in [2.75, 3.05) is 13.1 Å². The van der Waals surface area contributed by atoms with Crippen LogP contribution in [0.3, 0.4) is 0 Å². The summed E-state index contributed by atoms with van der Waals surface area (Å²) in [6.07, 6.45) is 0.891. The van der Waals surface area contributed by atoms with Gasteiger partial charge in [-0.05, 0) is 52.0 Å². The van der Waals surface area contributed by atoms with E-state index in [1.807, 2.05) is 37.3 Å². The average molecular weight is 490 g/mol. The minimum absolute atomic E-state index is 0.257. The maximum Gasteiger partial charge on any atom is 0.410 e. The van der Waals surface area contributed by atoms with Gasteiger partial charge in [0.25, 0.3) is 0 Å². The topological polar surface area (TPSA) is 125 Å². The molecular formula is C26H39N3O6. The molecule has 1 aliphatic rings. The second-order valence-corrected chi connectivity index (χ2v) is 10.3. The number of piperidine rings is 1. The van der Waals surface area contributed by atoms with Crippen LogP contribution in [-0.2, 0) is 24.5 Å². The monoisotopic (exact) mass is 489 g/mol. The Kier molecular flexibility index (Phi) is 9.29. The van der Waals surface area contributed by atoms with Crippen molar-refractivity contribution in [2.45, 2.75) is 83.9 Å². The number of carbonyl (C=O) groups is 4. The van der Waals surface area contributed by atoms with Gasteiger partial charge >= 0.3 is 12.1 Å². The summed E-state index contributed by atoms with van der Waals surface area (Å²) in [5, 5.41) is 14.8. The summed E-state index contributed by atoms with van der Waals surface area (Å²) in [7, 11) is 0. The van der Waals surface area contributed by atoms with Crippen molar-refractivity contribution in [3.63, 3.8) is 0 Å². The Hall–Kier alpha value is -3.10. The number of likely N-dealkylation sites (tertiary alicyclic amines) is 1. The molecule has 1 aliphatic heterocycles. The summed E-state index contributed by atoms with van der Waals surface area (Å²) < 4.78 is 5.48. The van der Waals surface area contributed by atoms with Crippen LogP contribution in [0, 0.1) is 5.92 Å². The summed E-state index contributed by atoms with van der Waals surface area (Å²) >= 11 is 0. The van der Waals surface area contributed by atoms with Crippen molar-refractivity contribution in [3.05, 3.63) is 35.9 Å². The zero-order chi connectivity index (χ0) is 26.4. The van der Waals surface area contributed by atoms with Crippen LogP contribution in [0.1, 0.15) is 66.4 Å². The number of carboxylic acid groups (broad SMARTS) is 1. The summed E-state index contributed by atoms with van der Waals surface area (Å²) in [4.78, 5) is 52.1. The molecule has 1 heterocycles. The molecule has 0 spiro atoms. The molecule has 3 N–H and O–H groups in total. The number of hydrogen-bond acceptors (Lipinski definition) is 5. The van der Waals surface area contributed by atoms with E-state index in [1.54, 1.807) is 32.6 Å². The molecule has 0 aliphatic carbocycles. The molecule has 2 rings (SSSR count). The van der Waals surface area contributed by atoms with Gasteiger partial charge in [0.2, 0.25) is 11.8 Å². The van der Waals surface area contributed by atoms with Gasteiger partial charge < -0.3 is 25.4 Å². The van der Waals surface area contributed by atoms with Gasteiger partial charge in [-0.2, -0.15) is 0 Å². The second kappa shape index (κ2) is 11.6. The van der Waals surface area contributed by atoms with Crippen molar-refractivity contribution in [3.8, 4) is 0 Å². The van der Waals surface area contributed by atoms with Crippen LogP contribution in [0.2, 0.25) is 0 Å². The third kappa shape index (κ3) is 7.19. The van der Waals surface area contributed by atoms with Crippen molar-refractivity contribution < 1.29 is 29.0 Å². The predicted octanol–water partition coefficient (Wildman–Crippen LogP) is 3.08. The Bertz CT molecular complexity index is 903. The van der Waals surface area contributed by atoms with E-state index in [-0.39, 0.29) is 11.8 Å². The first-order chi connectivity index (χ1) is 16.3. The highest BCUT2D eigenvalue weighted by molar-refractivity contribution is 5.94. The highest BCUT2D eigenvalue weighted by Crippen LogP contribution is 2.36. The lowest BCUT2D eigenvalue weighted by Gasteiger charge is -2.41. The Balaban J connectivity index is 2.18. The fourth-order valence-corrected chi connectivity index (χ4v) is 4.16. The van der Waals surface area contributed by atoms with E-state index in [2.05, 4.69) is 10.6 Å². The molecule has 35 heavy (non-hydrogen) atoms. The molecule has 3 amide bonds. The van der Waals surface area contributed by atoms with Crippen LogP contribution in [0.5, 0.6) is 0 Å². The van der Waals surface area contributed by atoms with E-state index < -0.39 is 41.1 Å². The van der Waals surface area contributed by atoms with Gasteiger partial charge in [-0.25, -0.2) is 9.59 Å². The Morgan fingerprint density at radius 1 is 1.06 bits per heavy atom. The molecule has 0 radical (unpaired) electrons. The highest BCUT2D eigenvalue weighted by Gasteiger charge is 2.45. The first-order valence-electron chi connectivity index (χ1n) is 12.2. The van der Waals surface area contributed by atoms with E-state index >= 15 is 0 Å². The van der Waals surface area contributed by atoms with Crippen molar-refractivity contribution in [2.24, 2.45) is 5.92 Å².